The Hall–Kier alpha value is -3.08. The summed E-state index contributed by atoms with van der Waals surface area (Å²) in [5.74, 6) is 0.360. The molecule has 0 spiro atoms. The Morgan fingerprint density at radius 1 is 1.04 bits per heavy atom. The molecule has 0 saturated carbocycles. The van der Waals surface area contributed by atoms with E-state index in [1.54, 1.807) is 0 Å². The van der Waals surface area contributed by atoms with Crippen molar-refractivity contribution >= 4 is 0 Å². The van der Waals surface area contributed by atoms with E-state index in [4.69, 9.17) is 0 Å². The number of nitrogens with one attached hydrogen (secondary N) is 2. The molecule has 130 valence electrons. The Balaban J connectivity index is 1.47. The van der Waals surface area contributed by atoms with E-state index < -0.39 is 0 Å². The summed E-state index contributed by atoms with van der Waals surface area (Å²) >= 11 is 0. The van der Waals surface area contributed by atoms with Crippen molar-refractivity contribution in [3.8, 4) is 0 Å². The highest BCUT2D eigenvalue weighted by molar-refractivity contribution is 5.69. The van der Waals surface area contributed by atoms with Crippen LogP contribution in [0, 0.1) is 5.92 Å². The Morgan fingerprint density at radius 3 is 2.73 bits per heavy atom. The van der Waals surface area contributed by atoms with Crippen LogP contribution in [0.15, 0.2) is 91.6 Å². The molecule has 0 unspecified atom stereocenters. The smallest absolute Gasteiger partial charge is 0.247 e. The molecule has 0 saturated heterocycles. The van der Waals surface area contributed by atoms with Crippen molar-refractivity contribution < 1.29 is 0 Å². The summed E-state index contributed by atoms with van der Waals surface area (Å²) in [7, 11) is 0. The molecule has 0 fully saturated rings. The Bertz CT molecular complexity index is 1090. The van der Waals surface area contributed by atoms with Crippen molar-refractivity contribution in [1.82, 2.24) is 14.8 Å². The van der Waals surface area contributed by atoms with Crippen molar-refractivity contribution in [1.29, 1.82) is 0 Å². The molecule has 0 aromatic carbocycles. The molecular formula is C21H19N3O2. The average molecular weight is 345 g/mol. The fraction of sp³-hybridized carbons (Fsp3) is 0.238. The number of hydrogen-bond acceptors (Lipinski definition) is 2. The Morgan fingerprint density at radius 2 is 1.88 bits per heavy atom. The minimum Gasteiger partial charge on any atom is -0.247 e. The molecule has 1 aromatic heterocycles. The van der Waals surface area contributed by atoms with Gasteiger partial charge in [-0.3, -0.25) is 0 Å². The van der Waals surface area contributed by atoms with Gasteiger partial charge in [-0.1, -0.05) is 48.6 Å². The van der Waals surface area contributed by atoms with Gasteiger partial charge in [-0.15, -0.1) is 0 Å². The quantitative estimate of drug-likeness (QED) is 0.881. The van der Waals surface area contributed by atoms with Gasteiger partial charge in [0, 0.05) is 12.5 Å². The van der Waals surface area contributed by atoms with E-state index in [0.717, 1.165) is 19.3 Å². The van der Waals surface area contributed by atoms with Crippen LogP contribution in [-0.4, -0.2) is 14.8 Å². The summed E-state index contributed by atoms with van der Waals surface area (Å²) in [4.78, 5) is 23.3. The van der Waals surface area contributed by atoms with E-state index in [1.807, 2.05) is 0 Å². The third-order valence-electron chi connectivity index (χ3n) is 5.55. The average Bonchev–Trinajstić information content (AvgIpc) is 2.98. The minimum absolute atomic E-state index is 0.360. The summed E-state index contributed by atoms with van der Waals surface area (Å²) in [6.45, 7) is 0.414. The van der Waals surface area contributed by atoms with Gasteiger partial charge in [0.15, 0.2) is 0 Å². The van der Waals surface area contributed by atoms with Crippen molar-refractivity contribution in [2.45, 2.75) is 25.8 Å². The second-order valence-electron chi connectivity index (χ2n) is 7.04. The van der Waals surface area contributed by atoms with Gasteiger partial charge in [-0.2, -0.15) is 0 Å². The molecule has 1 aromatic rings. The lowest BCUT2D eigenvalue weighted by Gasteiger charge is -2.37. The summed E-state index contributed by atoms with van der Waals surface area (Å²) in [5, 5.41) is 4.66. The fourth-order valence-corrected chi connectivity index (χ4v) is 4.37. The predicted molar refractivity (Wildman–Crippen MR) is 101 cm³/mol. The molecule has 0 amide bonds. The number of H-pyrrole nitrogens is 2. The van der Waals surface area contributed by atoms with Crippen molar-refractivity contribution in [2.24, 2.45) is 5.92 Å². The second-order valence-corrected chi connectivity index (χ2v) is 7.04. The van der Waals surface area contributed by atoms with E-state index in [1.165, 1.54) is 38.0 Å². The molecule has 1 atom stereocenters. The number of allylic oxidation sites excluding steroid dienone is 14. The molecular weight excluding hydrogens is 326 g/mol. The minimum atomic E-state index is -0.375. The van der Waals surface area contributed by atoms with Crippen LogP contribution < -0.4 is 11.4 Å². The number of hydrogen-bond donors (Lipinski definition) is 2. The Labute approximate surface area is 150 Å². The van der Waals surface area contributed by atoms with E-state index >= 15 is 0 Å². The molecule has 0 radical (unpaired) electrons. The lowest BCUT2D eigenvalue weighted by atomic mass is 9.67. The SMILES string of the molecule is O=c1[nH][nH]c(=O)n1CCCC1=CC2=CC=CC3=CC=C4CC=CC1=C4[C@@H]32. The summed E-state index contributed by atoms with van der Waals surface area (Å²) in [6, 6.07) is 0. The lowest BCUT2D eigenvalue weighted by molar-refractivity contribution is 0.605. The molecule has 5 heteroatoms. The Kier molecular flexibility index (Phi) is 3.35. The fourth-order valence-electron chi connectivity index (χ4n) is 4.37. The third-order valence-corrected chi connectivity index (χ3v) is 5.55. The largest absolute Gasteiger partial charge is 0.344 e. The maximum atomic E-state index is 11.6. The van der Waals surface area contributed by atoms with Crippen molar-refractivity contribution in [3.05, 3.63) is 103 Å². The summed E-state index contributed by atoms with van der Waals surface area (Å²) in [5.41, 5.74) is 7.40. The topological polar surface area (TPSA) is 70.7 Å². The van der Waals surface area contributed by atoms with Gasteiger partial charge in [0.25, 0.3) is 0 Å². The van der Waals surface area contributed by atoms with Crippen LogP contribution in [0.5, 0.6) is 0 Å². The summed E-state index contributed by atoms with van der Waals surface area (Å²) in [6.07, 6.45) is 20.3. The number of rotatable bonds is 4. The van der Waals surface area contributed by atoms with Crippen molar-refractivity contribution in [3.63, 3.8) is 0 Å². The first-order chi connectivity index (χ1) is 12.7. The number of aromatic nitrogens is 3. The predicted octanol–water partition coefficient (Wildman–Crippen LogP) is 2.82. The second kappa shape index (κ2) is 5.73. The molecule has 26 heavy (non-hydrogen) atoms. The van der Waals surface area contributed by atoms with Crippen LogP contribution in [0.4, 0.5) is 0 Å². The third kappa shape index (κ3) is 2.24. The number of aromatic amines is 2. The highest BCUT2D eigenvalue weighted by Crippen LogP contribution is 2.49. The van der Waals surface area contributed by atoms with Crippen LogP contribution in [0.3, 0.4) is 0 Å². The molecule has 2 N–H and O–H groups in total. The normalized spacial score (nSPS) is 22.5. The van der Waals surface area contributed by atoms with Gasteiger partial charge >= 0.3 is 11.4 Å². The lowest BCUT2D eigenvalue weighted by Crippen LogP contribution is -2.27. The van der Waals surface area contributed by atoms with Gasteiger partial charge in [-0.05, 0) is 52.7 Å². The van der Waals surface area contributed by atoms with Crippen molar-refractivity contribution in [2.75, 3.05) is 0 Å². The molecule has 4 aliphatic carbocycles. The van der Waals surface area contributed by atoms with Crippen LogP contribution in [-0.2, 0) is 6.54 Å². The highest BCUT2D eigenvalue weighted by Gasteiger charge is 2.34. The maximum absolute atomic E-state index is 11.6. The number of nitrogens with zero attached hydrogens (tertiary/aromatic N) is 1. The highest BCUT2D eigenvalue weighted by atomic mass is 16.2. The molecule has 5 nitrogen and oxygen atoms in total. The van der Waals surface area contributed by atoms with Crippen LogP contribution in [0.25, 0.3) is 0 Å². The standard InChI is InChI=1S/C21H19N3O2/c25-20-22-23-21(26)24(20)11-3-7-15-12-16-6-1-4-13-9-10-14-5-2-8-17(15)19(14)18(13)16/h1-2,4,6,8-10,12,18H,3,5,7,11H2,(H,22,25)(H,23,26)/t18-/m0/s1. The monoisotopic (exact) mass is 345 g/mol. The molecule has 0 bridgehead atoms. The van der Waals surface area contributed by atoms with E-state index in [0.29, 0.717) is 12.5 Å². The van der Waals surface area contributed by atoms with Gasteiger partial charge in [0.2, 0.25) is 0 Å². The van der Waals surface area contributed by atoms with Gasteiger partial charge in [0.05, 0.1) is 0 Å². The van der Waals surface area contributed by atoms with Gasteiger partial charge in [-0.25, -0.2) is 24.4 Å². The zero-order valence-electron chi connectivity index (χ0n) is 14.3. The van der Waals surface area contributed by atoms with E-state index in [9.17, 15) is 9.59 Å². The van der Waals surface area contributed by atoms with Gasteiger partial charge < -0.3 is 0 Å². The van der Waals surface area contributed by atoms with E-state index in [2.05, 4.69) is 58.8 Å². The molecule has 5 rings (SSSR count). The first-order valence-corrected chi connectivity index (χ1v) is 9.01. The zero-order chi connectivity index (χ0) is 17.7. The molecule has 4 aliphatic rings. The first kappa shape index (κ1) is 15.2. The van der Waals surface area contributed by atoms with E-state index in [-0.39, 0.29) is 11.4 Å². The van der Waals surface area contributed by atoms with Crippen LogP contribution in [0.2, 0.25) is 0 Å². The summed E-state index contributed by atoms with van der Waals surface area (Å²) < 4.78 is 1.22. The van der Waals surface area contributed by atoms with Crippen LogP contribution in [0.1, 0.15) is 19.3 Å². The molecule has 1 heterocycles. The zero-order valence-corrected chi connectivity index (χ0v) is 14.3. The molecule has 0 aliphatic heterocycles. The van der Waals surface area contributed by atoms with Crippen LogP contribution >= 0.6 is 0 Å². The maximum Gasteiger partial charge on any atom is 0.344 e. The first-order valence-electron chi connectivity index (χ1n) is 9.01. The van der Waals surface area contributed by atoms with Gasteiger partial charge in [0.1, 0.15) is 0 Å².